The first kappa shape index (κ1) is 26.1. The molecule has 1 aliphatic carbocycles. The zero-order valence-electron chi connectivity index (χ0n) is 20.3. The van der Waals surface area contributed by atoms with Crippen molar-refractivity contribution in [2.75, 3.05) is 19.5 Å². The fraction of sp³-hybridized carbons (Fsp3) is 0.462. The molecule has 2 amide bonds. The van der Waals surface area contributed by atoms with E-state index in [0.717, 1.165) is 31.2 Å². The zero-order chi connectivity index (χ0) is 26.6. The Kier molecular flexibility index (Phi) is 6.79. The lowest BCUT2D eigenvalue weighted by atomic mass is 9.80. The van der Waals surface area contributed by atoms with Crippen LogP contribution in [0.5, 0.6) is 0 Å². The normalized spacial score (nSPS) is 24.1. The molecule has 7 nitrogen and oxygen atoms in total. The first-order valence-electron chi connectivity index (χ1n) is 12.1. The van der Waals surface area contributed by atoms with Crippen LogP contribution in [0.3, 0.4) is 0 Å². The molecule has 1 N–H and O–H groups in total. The van der Waals surface area contributed by atoms with E-state index < -0.39 is 45.4 Å². The van der Waals surface area contributed by atoms with Crippen LogP contribution in [-0.4, -0.2) is 56.7 Å². The Labute approximate surface area is 219 Å². The van der Waals surface area contributed by atoms with Crippen molar-refractivity contribution in [3.05, 3.63) is 63.7 Å². The fourth-order valence-electron chi connectivity index (χ4n) is 5.55. The van der Waals surface area contributed by atoms with Crippen molar-refractivity contribution in [2.45, 2.75) is 49.2 Å². The van der Waals surface area contributed by atoms with Crippen LogP contribution in [0.25, 0.3) is 0 Å². The predicted molar refractivity (Wildman–Crippen MR) is 132 cm³/mol. The molecule has 198 valence electrons. The molecule has 2 heterocycles. The van der Waals surface area contributed by atoms with E-state index in [0.29, 0.717) is 12.0 Å². The molecule has 0 radical (unpaired) electrons. The van der Waals surface area contributed by atoms with Crippen LogP contribution in [0, 0.1) is 30.4 Å². The molecule has 11 heteroatoms. The Morgan fingerprint density at radius 3 is 2.46 bits per heavy atom. The van der Waals surface area contributed by atoms with Crippen LogP contribution in [0.1, 0.15) is 46.8 Å². The first-order chi connectivity index (χ1) is 17.5. The van der Waals surface area contributed by atoms with Crippen LogP contribution in [0.4, 0.5) is 8.78 Å². The topological polar surface area (TPSA) is 92.8 Å². The van der Waals surface area contributed by atoms with Gasteiger partial charge in [-0.05, 0) is 61.9 Å². The van der Waals surface area contributed by atoms with Gasteiger partial charge >= 0.3 is 0 Å². The van der Waals surface area contributed by atoms with Gasteiger partial charge in [-0.15, -0.1) is 0 Å². The van der Waals surface area contributed by atoms with Crippen molar-refractivity contribution in [1.29, 1.82) is 0 Å². The van der Waals surface area contributed by atoms with Crippen molar-refractivity contribution in [3.63, 3.8) is 0 Å². The molecule has 4 atom stereocenters. The third-order valence-electron chi connectivity index (χ3n) is 7.78. The molecule has 0 unspecified atom stereocenters. The summed E-state index contributed by atoms with van der Waals surface area (Å²) >= 11 is 5.72. The van der Waals surface area contributed by atoms with E-state index >= 15 is 0 Å². The third kappa shape index (κ3) is 4.75. The minimum absolute atomic E-state index is 0.0290. The van der Waals surface area contributed by atoms with Crippen molar-refractivity contribution < 1.29 is 31.5 Å². The number of nitrogens with one attached hydrogen (secondary N) is 1. The molecule has 0 aromatic heterocycles. The van der Waals surface area contributed by atoms with Gasteiger partial charge in [0.2, 0.25) is 5.91 Å². The maximum atomic E-state index is 14.8. The molecule has 3 aliphatic rings. The molecule has 2 saturated heterocycles. The van der Waals surface area contributed by atoms with Crippen molar-refractivity contribution in [2.24, 2.45) is 11.8 Å². The Bertz CT molecular complexity index is 1380. The van der Waals surface area contributed by atoms with Crippen LogP contribution in [0.15, 0.2) is 35.2 Å². The number of sulfone groups is 1. The highest BCUT2D eigenvalue weighted by molar-refractivity contribution is 7.90. The zero-order valence-corrected chi connectivity index (χ0v) is 21.9. The van der Waals surface area contributed by atoms with Crippen LogP contribution >= 0.6 is 11.6 Å². The lowest BCUT2D eigenvalue weighted by Crippen LogP contribution is -2.53. The molecule has 0 bridgehead atoms. The van der Waals surface area contributed by atoms with Gasteiger partial charge in [-0.3, -0.25) is 9.59 Å². The summed E-state index contributed by atoms with van der Waals surface area (Å²) in [4.78, 5) is 28.8. The Balaban J connectivity index is 1.44. The van der Waals surface area contributed by atoms with Crippen LogP contribution in [-0.2, 0) is 19.4 Å². The van der Waals surface area contributed by atoms with E-state index in [4.69, 9.17) is 16.3 Å². The minimum Gasteiger partial charge on any atom is -0.381 e. The number of aryl methyl sites for hydroxylation is 1. The molecule has 37 heavy (non-hydrogen) atoms. The number of likely N-dealkylation sites (tertiary alicyclic amines) is 1. The summed E-state index contributed by atoms with van der Waals surface area (Å²) in [7, 11) is -3.55. The van der Waals surface area contributed by atoms with E-state index in [1.807, 2.05) is 0 Å². The number of benzene rings is 2. The number of halogens is 3. The summed E-state index contributed by atoms with van der Waals surface area (Å²) < 4.78 is 58.7. The number of carbonyl (C=O) groups excluding carboxylic acids is 2. The molecular weight excluding hydrogens is 526 g/mol. The number of hydrogen-bond acceptors (Lipinski definition) is 5. The van der Waals surface area contributed by atoms with Crippen molar-refractivity contribution >= 4 is 33.3 Å². The fourth-order valence-corrected chi connectivity index (χ4v) is 6.70. The summed E-state index contributed by atoms with van der Waals surface area (Å²) in [6.07, 6.45) is 3.14. The van der Waals surface area contributed by atoms with E-state index in [1.165, 1.54) is 11.0 Å². The number of fused-ring (bicyclic) bond motifs is 1. The third-order valence-corrected chi connectivity index (χ3v) is 9.30. The van der Waals surface area contributed by atoms with E-state index in [-0.39, 0.29) is 52.1 Å². The number of carbonyl (C=O) groups is 2. The minimum atomic E-state index is -3.55. The van der Waals surface area contributed by atoms with Crippen LogP contribution < -0.4 is 5.32 Å². The van der Waals surface area contributed by atoms with Gasteiger partial charge in [-0.2, -0.15) is 0 Å². The van der Waals surface area contributed by atoms with Crippen molar-refractivity contribution in [3.8, 4) is 0 Å². The Morgan fingerprint density at radius 2 is 1.86 bits per heavy atom. The standard InChI is InChI=1S/C26H27ClF2N2O5S/c1-13-3-4-15(8-23(13)37(2,34)35)26(33)31-21-6-5-14(21)7-22(31)25(32)30-24(16-11-36-12-16)17-9-20(29)18(27)10-19(17)28/h3-4,8-10,14,16,21-22,24H,5-7,11-12H2,1-2H3,(H,30,32)/t14-,21-,22-,24-/m1/s1. The average molecular weight is 553 g/mol. The quantitative estimate of drug-likeness (QED) is 0.550. The monoisotopic (exact) mass is 552 g/mol. The van der Waals surface area contributed by atoms with Gasteiger partial charge in [0.05, 0.1) is 29.2 Å². The van der Waals surface area contributed by atoms with E-state index in [2.05, 4.69) is 5.32 Å². The molecule has 3 fully saturated rings. The van der Waals surface area contributed by atoms with Gasteiger partial charge in [-0.25, -0.2) is 17.2 Å². The van der Waals surface area contributed by atoms with Gasteiger partial charge in [0.15, 0.2) is 9.84 Å². The van der Waals surface area contributed by atoms with Crippen molar-refractivity contribution in [1.82, 2.24) is 10.2 Å². The summed E-state index contributed by atoms with van der Waals surface area (Å²) in [5.41, 5.74) is 0.684. The lowest BCUT2D eigenvalue weighted by Gasteiger charge is -2.38. The van der Waals surface area contributed by atoms with Gasteiger partial charge < -0.3 is 15.0 Å². The largest absolute Gasteiger partial charge is 0.381 e. The summed E-state index contributed by atoms with van der Waals surface area (Å²) in [5.74, 6) is -2.55. The molecule has 2 aromatic carbocycles. The SMILES string of the molecule is Cc1ccc(C(=O)N2[C@@H](C(=O)N[C@@H](c3cc(F)c(Cl)cc3F)C3COC3)C[C@H]3CC[C@H]32)cc1S(C)(=O)=O. The summed E-state index contributed by atoms with van der Waals surface area (Å²) in [6, 6.07) is 4.55. The Morgan fingerprint density at radius 1 is 1.14 bits per heavy atom. The second-order valence-electron chi connectivity index (χ2n) is 10.2. The van der Waals surface area contributed by atoms with Gasteiger partial charge in [0, 0.05) is 29.3 Å². The number of rotatable bonds is 6. The molecule has 2 aliphatic heterocycles. The van der Waals surface area contributed by atoms with Crippen LogP contribution in [0.2, 0.25) is 5.02 Å². The molecule has 0 spiro atoms. The van der Waals surface area contributed by atoms with Gasteiger partial charge in [-0.1, -0.05) is 17.7 Å². The molecule has 1 saturated carbocycles. The second-order valence-corrected chi connectivity index (χ2v) is 12.6. The summed E-state index contributed by atoms with van der Waals surface area (Å²) in [6.45, 7) is 2.19. The number of nitrogens with zero attached hydrogens (tertiary/aromatic N) is 1. The number of hydrogen-bond donors (Lipinski definition) is 1. The highest BCUT2D eigenvalue weighted by atomic mass is 35.5. The molecule has 5 rings (SSSR count). The van der Waals surface area contributed by atoms with E-state index in [9.17, 15) is 26.8 Å². The maximum Gasteiger partial charge on any atom is 0.254 e. The highest BCUT2D eigenvalue weighted by Crippen LogP contribution is 2.45. The maximum absolute atomic E-state index is 14.8. The number of amides is 2. The first-order valence-corrected chi connectivity index (χ1v) is 14.4. The smallest absolute Gasteiger partial charge is 0.254 e. The van der Waals surface area contributed by atoms with E-state index in [1.54, 1.807) is 19.1 Å². The Hall–Kier alpha value is -2.56. The second kappa shape index (κ2) is 9.63. The summed E-state index contributed by atoms with van der Waals surface area (Å²) in [5, 5.41) is 2.50. The predicted octanol–water partition coefficient (Wildman–Crippen LogP) is 3.83. The molecule has 2 aromatic rings. The average Bonchev–Trinajstić information content (AvgIpc) is 3.03. The van der Waals surface area contributed by atoms with Gasteiger partial charge in [0.1, 0.15) is 17.7 Å². The lowest BCUT2D eigenvalue weighted by molar-refractivity contribution is -0.128. The molecular formula is C26H27ClF2N2O5S. The highest BCUT2D eigenvalue weighted by Gasteiger charge is 2.51. The number of ether oxygens (including phenoxy) is 1. The van der Waals surface area contributed by atoms with Gasteiger partial charge in [0.25, 0.3) is 5.91 Å².